The van der Waals surface area contributed by atoms with Crippen LogP contribution in [0.1, 0.15) is 59.3 Å². The largest absolute Gasteiger partial charge is 0.573 e. The molecule has 2 aromatic heterocycles. The minimum Gasteiger partial charge on any atom is -0.406 e. The first kappa shape index (κ1) is 23.5. The van der Waals surface area contributed by atoms with Crippen molar-refractivity contribution in [3.8, 4) is 5.75 Å². The number of fused-ring (bicyclic) bond motifs is 1. The Balaban J connectivity index is 1.28. The van der Waals surface area contributed by atoms with Crippen molar-refractivity contribution in [1.82, 2.24) is 25.2 Å². The summed E-state index contributed by atoms with van der Waals surface area (Å²) >= 11 is 0. The van der Waals surface area contributed by atoms with Gasteiger partial charge in [0, 0.05) is 30.1 Å². The fraction of sp³-hybridized carbons (Fsp3) is 0.458. The molecule has 2 N–H and O–H groups in total. The lowest BCUT2D eigenvalue weighted by molar-refractivity contribution is -0.274. The monoisotopic (exact) mass is 491 g/mol. The van der Waals surface area contributed by atoms with Gasteiger partial charge in [0.2, 0.25) is 0 Å². The molecule has 0 radical (unpaired) electrons. The summed E-state index contributed by atoms with van der Waals surface area (Å²) in [7, 11) is 0. The Morgan fingerprint density at radius 2 is 1.71 bits per heavy atom. The number of aromatic amines is 1. The van der Waals surface area contributed by atoms with Crippen molar-refractivity contribution in [2.24, 2.45) is 0 Å². The molecule has 186 valence electrons. The SMILES string of the molecule is O=C(c1ccc(OC(F)(F)F)cc1)N1CCC(c2c(F)cnc3nc(C4CCNCC4)[nH]c23)CC1. The van der Waals surface area contributed by atoms with E-state index in [0.29, 0.717) is 42.7 Å². The number of piperidine rings is 2. The van der Waals surface area contributed by atoms with Gasteiger partial charge in [-0.25, -0.2) is 14.4 Å². The second-order valence-corrected chi connectivity index (χ2v) is 9.00. The molecule has 3 aromatic rings. The minimum atomic E-state index is -4.79. The van der Waals surface area contributed by atoms with Gasteiger partial charge in [-0.15, -0.1) is 13.2 Å². The summed E-state index contributed by atoms with van der Waals surface area (Å²) in [5.41, 5.74) is 1.97. The average Bonchev–Trinajstić information content (AvgIpc) is 3.28. The van der Waals surface area contributed by atoms with Gasteiger partial charge in [0.05, 0.1) is 11.7 Å². The number of benzene rings is 1. The Labute approximate surface area is 198 Å². The standard InChI is InChI=1S/C24H25F4N5O2/c25-18-13-30-22-20(31-21(32-22)15-5-9-29-10-6-15)19(18)14-7-11-33(12-8-14)23(34)16-1-3-17(4-2-16)35-24(26,27)28/h1-4,13-15,29H,5-12H2,(H,30,31,32). The lowest BCUT2D eigenvalue weighted by Crippen LogP contribution is -2.38. The number of carbonyl (C=O) groups is 1. The first-order valence-electron chi connectivity index (χ1n) is 11.7. The maximum Gasteiger partial charge on any atom is 0.573 e. The van der Waals surface area contributed by atoms with Crippen LogP contribution in [0.5, 0.6) is 5.75 Å². The van der Waals surface area contributed by atoms with E-state index in [0.717, 1.165) is 43.9 Å². The van der Waals surface area contributed by atoms with Crippen molar-refractivity contribution in [2.45, 2.75) is 43.9 Å². The van der Waals surface area contributed by atoms with Gasteiger partial charge in [-0.3, -0.25) is 4.79 Å². The first-order chi connectivity index (χ1) is 16.8. The fourth-order valence-corrected chi connectivity index (χ4v) is 5.01. The van der Waals surface area contributed by atoms with E-state index in [9.17, 15) is 22.4 Å². The van der Waals surface area contributed by atoms with Crippen LogP contribution in [0.25, 0.3) is 11.2 Å². The number of pyridine rings is 1. The van der Waals surface area contributed by atoms with E-state index >= 15 is 0 Å². The Morgan fingerprint density at radius 1 is 1.03 bits per heavy atom. The van der Waals surface area contributed by atoms with Crippen LogP contribution in [0, 0.1) is 5.82 Å². The number of aromatic nitrogens is 3. The average molecular weight is 491 g/mol. The van der Waals surface area contributed by atoms with E-state index in [4.69, 9.17) is 0 Å². The van der Waals surface area contributed by atoms with E-state index < -0.39 is 6.36 Å². The number of carbonyl (C=O) groups excluding carboxylic acids is 1. The van der Waals surface area contributed by atoms with Gasteiger partial charge in [-0.1, -0.05) is 0 Å². The van der Waals surface area contributed by atoms with E-state index in [1.165, 1.54) is 18.3 Å². The van der Waals surface area contributed by atoms with E-state index in [1.54, 1.807) is 4.90 Å². The number of ether oxygens (including phenoxy) is 1. The molecular formula is C24H25F4N5O2. The molecule has 0 atom stereocenters. The third kappa shape index (κ3) is 5.09. The zero-order valence-corrected chi connectivity index (χ0v) is 18.9. The number of nitrogens with one attached hydrogen (secondary N) is 2. The lowest BCUT2D eigenvalue weighted by atomic mass is 9.88. The number of halogens is 4. The molecule has 11 heteroatoms. The van der Waals surface area contributed by atoms with Gasteiger partial charge in [-0.05, 0) is 69.0 Å². The topological polar surface area (TPSA) is 83.1 Å². The molecule has 4 heterocycles. The molecular weight excluding hydrogens is 466 g/mol. The van der Waals surface area contributed by atoms with Crippen molar-refractivity contribution >= 4 is 17.1 Å². The zero-order chi connectivity index (χ0) is 24.6. The van der Waals surface area contributed by atoms with Gasteiger partial charge >= 0.3 is 6.36 Å². The number of imidazole rings is 1. The Hall–Kier alpha value is -3.21. The van der Waals surface area contributed by atoms with Crippen LogP contribution in [0.15, 0.2) is 30.5 Å². The van der Waals surface area contributed by atoms with Crippen LogP contribution in [0.2, 0.25) is 0 Å². The Morgan fingerprint density at radius 3 is 2.37 bits per heavy atom. The number of rotatable bonds is 4. The van der Waals surface area contributed by atoms with Gasteiger partial charge in [0.15, 0.2) is 5.65 Å². The smallest absolute Gasteiger partial charge is 0.406 e. The van der Waals surface area contributed by atoms with Crippen LogP contribution in [0.4, 0.5) is 17.6 Å². The van der Waals surface area contributed by atoms with Crippen molar-refractivity contribution in [3.05, 3.63) is 53.2 Å². The van der Waals surface area contributed by atoms with Crippen molar-refractivity contribution in [2.75, 3.05) is 26.2 Å². The number of alkyl halides is 3. The number of hydrogen-bond donors (Lipinski definition) is 2. The normalized spacial score (nSPS) is 18.2. The van der Waals surface area contributed by atoms with Gasteiger partial charge in [0.25, 0.3) is 5.91 Å². The lowest BCUT2D eigenvalue weighted by Gasteiger charge is -2.32. The summed E-state index contributed by atoms with van der Waals surface area (Å²) in [6, 6.07) is 4.87. The van der Waals surface area contributed by atoms with Gasteiger partial charge in [-0.2, -0.15) is 0 Å². The molecule has 0 saturated carbocycles. The quantitative estimate of drug-likeness (QED) is 0.526. The van der Waals surface area contributed by atoms with Crippen molar-refractivity contribution < 1.29 is 27.1 Å². The van der Waals surface area contributed by atoms with Gasteiger partial charge < -0.3 is 19.9 Å². The Bertz CT molecular complexity index is 1200. The molecule has 2 aliphatic rings. The second-order valence-electron chi connectivity index (χ2n) is 9.00. The van der Waals surface area contributed by atoms with Crippen LogP contribution >= 0.6 is 0 Å². The highest BCUT2D eigenvalue weighted by Gasteiger charge is 2.32. The third-order valence-corrected chi connectivity index (χ3v) is 6.78. The minimum absolute atomic E-state index is 0.103. The van der Waals surface area contributed by atoms with Crippen LogP contribution in [0.3, 0.4) is 0 Å². The van der Waals surface area contributed by atoms with Crippen LogP contribution in [-0.4, -0.2) is 58.3 Å². The Kier molecular flexibility index (Phi) is 6.35. The molecule has 2 fully saturated rings. The molecule has 5 rings (SSSR count). The molecule has 2 aliphatic heterocycles. The maximum atomic E-state index is 14.9. The van der Waals surface area contributed by atoms with Crippen molar-refractivity contribution in [1.29, 1.82) is 0 Å². The summed E-state index contributed by atoms with van der Waals surface area (Å²) in [6.45, 7) is 2.65. The highest BCUT2D eigenvalue weighted by molar-refractivity contribution is 5.94. The van der Waals surface area contributed by atoms with E-state index in [2.05, 4.69) is 25.0 Å². The van der Waals surface area contributed by atoms with E-state index in [1.807, 2.05) is 0 Å². The first-order valence-corrected chi connectivity index (χ1v) is 11.7. The van der Waals surface area contributed by atoms with Crippen LogP contribution in [-0.2, 0) is 0 Å². The summed E-state index contributed by atoms with van der Waals surface area (Å²) in [5, 5.41) is 3.33. The molecule has 0 aliphatic carbocycles. The maximum absolute atomic E-state index is 14.9. The molecule has 1 amide bonds. The van der Waals surface area contributed by atoms with Gasteiger partial charge in [0.1, 0.15) is 17.4 Å². The van der Waals surface area contributed by atoms with Crippen molar-refractivity contribution in [3.63, 3.8) is 0 Å². The third-order valence-electron chi connectivity index (χ3n) is 6.78. The molecule has 0 spiro atoms. The molecule has 1 aromatic carbocycles. The van der Waals surface area contributed by atoms with E-state index in [-0.39, 0.29) is 34.9 Å². The summed E-state index contributed by atoms with van der Waals surface area (Å²) in [5.74, 6) is -0.0258. The number of nitrogens with zero attached hydrogens (tertiary/aromatic N) is 3. The number of H-pyrrole nitrogens is 1. The fourth-order valence-electron chi connectivity index (χ4n) is 5.01. The predicted molar refractivity (Wildman–Crippen MR) is 120 cm³/mol. The number of hydrogen-bond acceptors (Lipinski definition) is 5. The summed E-state index contributed by atoms with van der Waals surface area (Å²) < 4.78 is 55.9. The molecule has 7 nitrogen and oxygen atoms in total. The molecule has 35 heavy (non-hydrogen) atoms. The highest BCUT2D eigenvalue weighted by atomic mass is 19.4. The summed E-state index contributed by atoms with van der Waals surface area (Å²) in [6.07, 6.45) is -0.544. The highest BCUT2D eigenvalue weighted by Crippen LogP contribution is 2.35. The number of likely N-dealkylation sites (tertiary alicyclic amines) is 1. The summed E-state index contributed by atoms with van der Waals surface area (Å²) in [4.78, 5) is 26.7. The zero-order valence-electron chi connectivity index (χ0n) is 18.9. The molecule has 0 bridgehead atoms. The predicted octanol–water partition coefficient (Wildman–Crippen LogP) is 4.48. The second kappa shape index (κ2) is 9.44. The van der Waals surface area contributed by atoms with Crippen LogP contribution < -0.4 is 10.1 Å². The number of amides is 1. The molecule has 0 unspecified atom stereocenters. The molecule has 2 saturated heterocycles.